The van der Waals surface area contributed by atoms with Crippen molar-refractivity contribution in [2.24, 2.45) is 11.7 Å². The topological polar surface area (TPSA) is 83.7 Å². The number of nitrogens with zero attached hydrogens (tertiary/aromatic N) is 2. The third-order valence-corrected chi connectivity index (χ3v) is 6.58. The van der Waals surface area contributed by atoms with Crippen LogP contribution in [0.25, 0.3) is 10.8 Å². The molecule has 3 rings (SSSR count). The molecule has 1 saturated heterocycles. The zero-order valence-corrected chi connectivity index (χ0v) is 16.3. The summed E-state index contributed by atoms with van der Waals surface area (Å²) in [5, 5.41) is 1.90. The summed E-state index contributed by atoms with van der Waals surface area (Å²) in [6, 6.07) is 12.8. The number of benzene rings is 2. The summed E-state index contributed by atoms with van der Waals surface area (Å²) in [5.74, 6) is -0.242. The molecular weight excluding hydrogens is 374 g/mol. The molecule has 1 fully saturated rings. The lowest BCUT2D eigenvalue weighted by Crippen LogP contribution is -2.52. The van der Waals surface area contributed by atoms with E-state index in [2.05, 4.69) is 0 Å². The van der Waals surface area contributed by atoms with Gasteiger partial charge in [-0.15, -0.1) is 12.4 Å². The second-order valence-electron chi connectivity index (χ2n) is 6.38. The van der Waals surface area contributed by atoms with Crippen molar-refractivity contribution in [3.63, 3.8) is 0 Å². The van der Waals surface area contributed by atoms with Crippen LogP contribution in [0.2, 0.25) is 0 Å². The molecule has 1 amide bonds. The number of hydrogen-bond donors (Lipinski definition) is 1. The van der Waals surface area contributed by atoms with Crippen molar-refractivity contribution >= 4 is 39.1 Å². The fourth-order valence-electron chi connectivity index (χ4n) is 3.04. The third-order valence-electron chi connectivity index (χ3n) is 4.68. The van der Waals surface area contributed by atoms with Crippen LogP contribution < -0.4 is 5.73 Å². The van der Waals surface area contributed by atoms with E-state index in [0.29, 0.717) is 37.6 Å². The average molecular weight is 398 g/mol. The average Bonchev–Trinajstić information content (AvgIpc) is 2.66. The highest BCUT2D eigenvalue weighted by Crippen LogP contribution is 2.23. The molecular formula is C18H24ClN3O3S. The predicted molar refractivity (Wildman–Crippen MR) is 105 cm³/mol. The second-order valence-corrected chi connectivity index (χ2v) is 8.31. The normalized spacial score (nSPS) is 16.9. The van der Waals surface area contributed by atoms with Crippen LogP contribution >= 0.6 is 12.4 Å². The van der Waals surface area contributed by atoms with Crippen LogP contribution in [0.4, 0.5) is 0 Å². The van der Waals surface area contributed by atoms with E-state index in [0.717, 1.165) is 10.8 Å². The van der Waals surface area contributed by atoms with Gasteiger partial charge in [0.1, 0.15) is 0 Å². The van der Waals surface area contributed by atoms with E-state index in [9.17, 15) is 13.2 Å². The van der Waals surface area contributed by atoms with Gasteiger partial charge in [-0.2, -0.15) is 4.31 Å². The van der Waals surface area contributed by atoms with Crippen molar-refractivity contribution in [3.8, 4) is 0 Å². The molecule has 0 aliphatic carbocycles. The maximum absolute atomic E-state index is 12.9. The van der Waals surface area contributed by atoms with Gasteiger partial charge in [0.05, 0.1) is 4.90 Å². The minimum atomic E-state index is -3.56. The Labute approximate surface area is 160 Å². The zero-order valence-electron chi connectivity index (χ0n) is 14.7. The number of piperazine rings is 1. The van der Waals surface area contributed by atoms with E-state index in [4.69, 9.17) is 5.73 Å². The molecule has 142 valence electrons. The first-order valence-electron chi connectivity index (χ1n) is 8.41. The van der Waals surface area contributed by atoms with Crippen molar-refractivity contribution in [2.45, 2.75) is 11.8 Å². The SMILES string of the molecule is CC(CN)C(=O)N1CCN(S(=O)(=O)c2ccc3ccccc3c2)CC1.Cl. The first kappa shape index (κ1) is 20.6. The Morgan fingerprint density at radius 3 is 2.31 bits per heavy atom. The van der Waals surface area contributed by atoms with Crippen LogP contribution in [-0.4, -0.2) is 56.3 Å². The van der Waals surface area contributed by atoms with Crippen LogP contribution in [0.5, 0.6) is 0 Å². The van der Waals surface area contributed by atoms with Gasteiger partial charge in [-0.1, -0.05) is 37.3 Å². The van der Waals surface area contributed by atoms with E-state index in [1.165, 1.54) is 4.31 Å². The molecule has 1 unspecified atom stereocenters. The molecule has 2 aromatic rings. The molecule has 6 nitrogen and oxygen atoms in total. The number of carbonyl (C=O) groups is 1. The highest BCUT2D eigenvalue weighted by atomic mass is 35.5. The maximum Gasteiger partial charge on any atom is 0.243 e. The maximum atomic E-state index is 12.9. The lowest BCUT2D eigenvalue weighted by molar-refractivity contribution is -0.135. The first-order chi connectivity index (χ1) is 11.9. The monoisotopic (exact) mass is 397 g/mol. The summed E-state index contributed by atoms with van der Waals surface area (Å²) < 4.78 is 27.3. The Bertz CT molecular complexity index is 880. The van der Waals surface area contributed by atoms with Crippen molar-refractivity contribution in [2.75, 3.05) is 32.7 Å². The largest absolute Gasteiger partial charge is 0.340 e. The molecule has 26 heavy (non-hydrogen) atoms. The molecule has 0 spiro atoms. The summed E-state index contributed by atoms with van der Waals surface area (Å²) >= 11 is 0. The van der Waals surface area contributed by atoms with Crippen molar-refractivity contribution in [1.82, 2.24) is 9.21 Å². The van der Waals surface area contributed by atoms with E-state index in [-0.39, 0.29) is 24.2 Å². The number of rotatable bonds is 4. The molecule has 0 aromatic heterocycles. The summed E-state index contributed by atoms with van der Waals surface area (Å²) in [4.78, 5) is 14.2. The highest BCUT2D eigenvalue weighted by molar-refractivity contribution is 7.89. The number of fused-ring (bicyclic) bond motifs is 1. The number of amides is 1. The third kappa shape index (κ3) is 4.01. The standard InChI is InChI=1S/C18H23N3O3S.ClH/c1-14(13-19)18(22)20-8-10-21(11-9-20)25(23,24)17-7-6-15-4-2-3-5-16(15)12-17;/h2-7,12,14H,8-11,13,19H2,1H3;1H. The molecule has 1 heterocycles. The van der Waals surface area contributed by atoms with Crippen molar-refractivity contribution in [3.05, 3.63) is 42.5 Å². The van der Waals surface area contributed by atoms with Crippen LogP contribution in [0.15, 0.2) is 47.4 Å². The van der Waals surface area contributed by atoms with E-state index in [1.807, 2.05) is 30.3 Å². The van der Waals surface area contributed by atoms with Crippen LogP contribution in [0.1, 0.15) is 6.92 Å². The minimum Gasteiger partial charge on any atom is -0.340 e. The molecule has 0 radical (unpaired) electrons. The second kappa shape index (κ2) is 8.35. The van der Waals surface area contributed by atoms with Crippen LogP contribution in [0.3, 0.4) is 0 Å². The van der Waals surface area contributed by atoms with Gasteiger partial charge in [0, 0.05) is 38.6 Å². The molecule has 2 N–H and O–H groups in total. The molecule has 1 atom stereocenters. The summed E-state index contributed by atoms with van der Waals surface area (Å²) in [6.45, 7) is 3.50. The number of carbonyl (C=O) groups excluding carboxylic acids is 1. The van der Waals surface area contributed by atoms with Gasteiger partial charge in [0.15, 0.2) is 0 Å². The van der Waals surface area contributed by atoms with Gasteiger partial charge in [-0.05, 0) is 22.9 Å². The van der Waals surface area contributed by atoms with E-state index >= 15 is 0 Å². The van der Waals surface area contributed by atoms with Gasteiger partial charge in [0.2, 0.25) is 15.9 Å². The smallest absolute Gasteiger partial charge is 0.243 e. The van der Waals surface area contributed by atoms with Crippen molar-refractivity contribution in [1.29, 1.82) is 0 Å². The summed E-state index contributed by atoms with van der Waals surface area (Å²) in [5.41, 5.74) is 5.54. The Morgan fingerprint density at radius 1 is 1.08 bits per heavy atom. The molecule has 1 aliphatic rings. The lowest BCUT2D eigenvalue weighted by atomic mass is 10.1. The van der Waals surface area contributed by atoms with Crippen LogP contribution in [0, 0.1) is 5.92 Å². The quantitative estimate of drug-likeness (QED) is 0.850. The number of hydrogen-bond acceptors (Lipinski definition) is 4. The number of nitrogens with two attached hydrogens (primary N) is 1. The Hall–Kier alpha value is -1.67. The Morgan fingerprint density at radius 2 is 1.69 bits per heavy atom. The zero-order chi connectivity index (χ0) is 18.0. The summed E-state index contributed by atoms with van der Waals surface area (Å²) in [6.07, 6.45) is 0. The lowest BCUT2D eigenvalue weighted by Gasteiger charge is -2.35. The number of halogens is 1. The van der Waals surface area contributed by atoms with Gasteiger partial charge in [-0.3, -0.25) is 4.79 Å². The molecule has 2 aromatic carbocycles. The first-order valence-corrected chi connectivity index (χ1v) is 9.85. The Balaban J connectivity index is 0.00000243. The van der Waals surface area contributed by atoms with Gasteiger partial charge in [-0.25, -0.2) is 8.42 Å². The minimum absolute atomic E-state index is 0. The van der Waals surface area contributed by atoms with Gasteiger partial charge in [0.25, 0.3) is 0 Å². The van der Waals surface area contributed by atoms with E-state index in [1.54, 1.807) is 24.0 Å². The molecule has 0 bridgehead atoms. The van der Waals surface area contributed by atoms with Crippen molar-refractivity contribution < 1.29 is 13.2 Å². The predicted octanol–water partition coefficient (Wildman–Crippen LogP) is 1.69. The molecule has 1 aliphatic heterocycles. The van der Waals surface area contributed by atoms with Crippen LogP contribution in [-0.2, 0) is 14.8 Å². The summed E-state index contributed by atoms with van der Waals surface area (Å²) in [7, 11) is -3.56. The molecule has 8 heteroatoms. The fraction of sp³-hybridized carbons (Fsp3) is 0.389. The van der Waals surface area contributed by atoms with E-state index < -0.39 is 10.0 Å². The molecule has 0 saturated carbocycles. The highest BCUT2D eigenvalue weighted by Gasteiger charge is 2.31. The van der Waals surface area contributed by atoms with Gasteiger partial charge >= 0.3 is 0 Å². The van der Waals surface area contributed by atoms with Gasteiger partial charge < -0.3 is 10.6 Å². The number of sulfonamides is 1. The fourth-order valence-corrected chi connectivity index (χ4v) is 4.50. The Kier molecular flexibility index (Phi) is 6.63.